The molecule has 0 aromatic heterocycles. The highest BCUT2D eigenvalue weighted by atomic mass is 79.9. The van der Waals surface area contributed by atoms with Crippen molar-refractivity contribution in [2.75, 3.05) is 17.2 Å². The van der Waals surface area contributed by atoms with Crippen molar-refractivity contribution >= 4 is 39.1 Å². The minimum Gasteiger partial charge on any atom is -0.484 e. The van der Waals surface area contributed by atoms with E-state index >= 15 is 0 Å². The molecule has 0 radical (unpaired) electrons. The monoisotopic (exact) mass is 494 g/mol. The van der Waals surface area contributed by atoms with Crippen molar-refractivity contribution in [1.82, 2.24) is 0 Å². The van der Waals surface area contributed by atoms with Crippen LogP contribution >= 0.6 is 15.9 Å². The number of aryl methyl sites for hydroxylation is 1. The highest BCUT2D eigenvalue weighted by molar-refractivity contribution is 9.10. The fraction of sp³-hybridized carbons (Fsp3) is 0.231. The summed E-state index contributed by atoms with van der Waals surface area (Å²) in [5.41, 5.74) is 4.11. The van der Waals surface area contributed by atoms with Gasteiger partial charge in [-0.25, -0.2) is 0 Å². The second-order valence-corrected chi connectivity index (χ2v) is 9.46. The number of carbonyl (C=O) groups is 2. The molecule has 0 aliphatic carbocycles. The Hall–Kier alpha value is -3.12. The first-order valence-electron chi connectivity index (χ1n) is 10.3. The van der Waals surface area contributed by atoms with Gasteiger partial charge in [-0.2, -0.15) is 0 Å². The van der Waals surface area contributed by atoms with Gasteiger partial charge in [-0.3, -0.25) is 9.59 Å². The van der Waals surface area contributed by atoms with Gasteiger partial charge in [0.2, 0.25) is 0 Å². The highest BCUT2D eigenvalue weighted by Crippen LogP contribution is 2.23. The molecule has 32 heavy (non-hydrogen) atoms. The molecule has 0 saturated heterocycles. The van der Waals surface area contributed by atoms with Crippen LogP contribution in [0.4, 0.5) is 11.4 Å². The molecule has 0 aliphatic rings. The zero-order valence-electron chi connectivity index (χ0n) is 18.7. The lowest BCUT2D eigenvalue weighted by Gasteiger charge is -2.19. The molecule has 0 atom stereocenters. The SMILES string of the molecule is Cc1cc(OCC(=O)Nc2ccc(NC(=O)c3ccc(C(C)(C)C)cc3)cc2)ccc1Br. The molecule has 0 saturated carbocycles. The first-order valence-corrected chi connectivity index (χ1v) is 11.1. The van der Waals surface area contributed by atoms with Gasteiger partial charge >= 0.3 is 0 Å². The van der Waals surface area contributed by atoms with E-state index in [0.29, 0.717) is 22.7 Å². The zero-order valence-corrected chi connectivity index (χ0v) is 20.2. The predicted molar refractivity (Wildman–Crippen MR) is 133 cm³/mol. The number of benzene rings is 3. The van der Waals surface area contributed by atoms with Gasteiger partial charge in [-0.1, -0.05) is 48.8 Å². The summed E-state index contributed by atoms with van der Waals surface area (Å²) in [4.78, 5) is 24.7. The van der Waals surface area contributed by atoms with Crippen LogP contribution in [0.15, 0.2) is 71.2 Å². The number of carbonyl (C=O) groups excluding carboxylic acids is 2. The molecule has 166 valence electrons. The Morgan fingerprint density at radius 3 is 2.03 bits per heavy atom. The second kappa shape index (κ2) is 10.0. The Labute approximate surface area is 197 Å². The molecule has 5 nitrogen and oxygen atoms in total. The van der Waals surface area contributed by atoms with E-state index in [0.717, 1.165) is 10.0 Å². The van der Waals surface area contributed by atoms with Crippen LogP contribution in [0.1, 0.15) is 42.3 Å². The normalized spacial score (nSPS) is 11.0. The van der Waals surface area contributed by atoms with Crippen molar-refractivity contribution in [2.45, 2.75) is 33.1 Å². The van der Waals surface area contributed by atoms with Crippen LogP contribution in [-0.4, -0.2) is 18.4 Å². The third-order valence-electron chi connectivity index (χ3n) is 4.94. The van der Waals surface area contributed by atoms with Gasteiger partial charge < -0.3 is 15.4 Å². The largest absolute Gasteiger partial charge is 0.484 e. The number of halogens is 1. The minimum atomic E-state index is -0.263. The predicted octanol–water partition coefficient (Wildman–Crippen LogP) is 6.32. The Morgan fingerprint density at radius 1 is 0.875 bits per heavy atom. The number of anilines is 2. The molecule has 2 amide bonds. The highest BCUT2D eigenvalue weighted by Gasteiger charge is 2.14. The molecule has 0 heterocycles. The summed E-state index contributed by atoms with van der Waals surface area (Å²) in [6.45, 7) is 8.27. The third-order valence-corrected chi connectivity index (χ3v) is 5.83. The van der Waals surface area contributed by atoms with E-state index in [1.165, 1.54) is 5.56 Å². The summed E-state index contributed by atoms with van der Waals surface area (Å²) in [6, 6.07) is 20.1. The van der Waals surface area contributed by atoms with Crippen LogP contribution in [0.5, 0.6) is 5.75 Å². The van der Waals surface area contributed by atoms with Crippen LogP contribution in [-0.2, 0) is 10.2 Å². The summed E-state index contributed by atoms with van der Waals surface area (Å²) in [6.07, 6.45) is 0. The number of hydrogen-bond donors (Lipinski definition) is 2. The standard InChI is InChI=1S/C26H27BrN2O3/c1-17-15-22(13-14-23(17)27)32-16-24(30)28-20-9-11-21(12-10-20)29-25(31)18-5-7-19(8-6-18)26(2,3)4/h5-15H,16H2,1-4H3,(H,28,30)(H,29,31). The van der Waals surface area contributed by atoms with Crippen molar-refractivity contribution in [1.29, 1.82) is 0 Å². The molecular weight excluding hydrogens is 468 g/mol. The van der Waals surface area contributed by atoms with Gasteiger partial charge in [-0.05, 0) is 78.1 Å². The molecule has 0 spiro atoms. The number of hydrogen-bond acceptors (Lipinski definition) is 3. The first kappa shape index (κ1) is 23.5. The molecule has 3 aromatic carbocycles. The summed E-state index contributed by atoms with van der Waals surface area (Å²) < 4.78 is 6.53. The van der Waals surface area contributed by atoms with Crippen molar-refractivity contribution in [3.05, 3.63) is 87.9 Å². The molecule has 3 rings (SSSR count). The van der Waals surface area contributed by atoms with Crippen molar-refractivity contribution in [3.8, 4) is 5.75 Å². The van der Waals surface area contributed by atoms with E-state index in [2.05, 4.69) is 47.3 Å². The molecule has 0 bridgehead atoms. The molecule has 0 fully saturated rings. The molecule has 0 unspecified atom stereocenters. The summed E-state index contributed by atoms with van der Waals surface area (Å²) in [5.74, 6) is 0.191. The Morgan fingerprint density at radius 2 is 1.47 bits per heavy atom. The van der Waals surface area contributed by atoms with E-state index in [-0.39, 0.29) is 23.8 Å². The van der Waals surface area contributed by atoms with Gasteiger partial charge in [0, 0.05) is 21.4 Å². The van der Waals surface area contributed by atoms with Gasteiger partial charge in [0.25, 0.3) is 11.8 Å². The first-order chi connectivity index (χ1) is 15.1. The van der Waals surface area contributed by atoms with Crippen molar-refractivity contribution in [3.63, 3.8) is 0 Å². The van der Waals surface area contributed by atoms with Crippen LogP contribution in [0.2, 0.25) is 0 Å². The van der Waals surface area contributed by atoms with Gasteiger partial charge in [0.05, 0.1) is 0 Å². The Balaban J connectivity index is 1.52. The number of rotatable bonds is 6. The maximum Gasteiger partial charge on any atom is 0.262 e. The summed E-state index contributed by atoms with van der Waals surface area (Å²) in [5, 5.41) is 5.66. The number of nitrogens with one attached hydrogen (secondary N) is 2. The van der Waals surface area contributed by atoms with Crippen molar-refractivity contribution in [2.24, 2.45) is 0 Å². The molecule has 0 aliphatic heterocycles. The van der Waals surface area contributed by atoms with Gasteiger partial charge in [0.15, 0.2) is 6.61 Å². The molecule has 6 heteroatoms. The average Bonchev–Trinajstić information content (AvgIpc) is 2.75. The van der Waals surface area contributed by atoms with Crippen LogP contribution in [0, 0.1) is 6.92 Å². The summed E-state index contributed by atoms with van der Waals surface area (Å²) >= 11 is 3.44. The van der Waals surface area contributed by atoms with Crippen LogP contribution in [0.3, 0.4) is 0 Å². The molecule has 2 N–H and O–H groups in total. The minimum absolute atomic E-state index is 0.0392. The Kier molecular flexibility index (Phi) is 7.36. The maximum absolute atomic E-state index is 12.5. The van der Waals surface area contributed by atoms with E-state index in [9.17, 15) is 9.59 Å². The van der Waals surface area contributed by atoms with E-state index in [1.807, 2.05) is 43.3 Å². The summed E-state index contributed by atoms with van der Waals surface area (Å²) in [7, 11) is 0. The smallest absolute Gasteiger partial charge is 0.262 e. The number of amides is 2. The Bertz CT molecular complexity index is 1100. The quantitative estimate of drug-likeness (QED) is 0.420. The van der Waals surface area contributed by atoms with Gasteiger partial charge in [-0.15, -0.1) is 0 Å². The van der Waals surface area contributed by atoms with E-state index < -0.39 is 0 Å². The van der Waals surface area contributed by atoms with E-state index in [4.69, 9.17) is 4.74 Å². The lowest BCUT2D eigenvalue weighted by atomic mass is 9.87. The second-order valence-electron chi connectivity index (χ2n) is 8.61. The van der Waals surface area contributed by atoms with Crippen LogP contribution < -0.4 is 15.4 Å². The topological polar surface area (TPSA) is 67.4 Å². The lowest BCUT2D eigenvalue weighted by Crippen LogP contribution is -2.20. The van der Waals surface area contributed by atoms with Crippen molar-refractivity contribution < 1.29 is 14.3 Å². The third kappa shape index (κ3) is 6.44. The zero-order chi connectivity index (χ0) is 23.3. The lowest BCUT2D eigenvalue weighted by molar-refractivity contribution is -0.118. The number of ether oxygens (including phenoxy) is 1. The molecule has 3 aromatic rings. The fourth-order valence-electron chi connectivity index (χ4n) is 3.01. The fourth-order valence-corrected chi connectivity index (χ4v) is 3.26. The van der Waals surface area contributed by atoms with Crippen LogP contribution in [0.25, 0.3) is 0 Å². The average molecular weight is 495 g/mol. The maximum atomic E-state index is 12.5. The van der Waals surface area contributed by atoms with E-state index in [1.54, 1.807) is 30.3 Å². The van der Waals surface area contributed by atoms with Gasteiger partial charge in [0.1, 0.15) is 5.75 Å². The molecular formula is C26H27BrN2O3.